The van der Waals surface area contributed by atoms with E-state index in [2.05, 4.69) is 0 Å². The van der Waals surface area contributed by atoms with Gasteiger partial charge < -0.3 is 24.1 Å². The van der Waals surface area contributed by atoms with Gasteiger partial charge in [0, 0.05) is 0 Å². The molecule has 0 amide bonds. The van der Waals surface area contributed by atoms with Crippen LogP contribution in [0.15, 0.2) is 36.4 Å². The lowest BCUT2D eigenvalue weighted by molar-refractivity contribution is 0.169. The molecule has 1 heterocycles. The SMILES string of the molecule is CCOc1cc([C@@H](O)c2ccc3c(c2)OCCO3)ccc1OC. The molecule has 1 aliphatic heterocycles. The smallest absolute Gasteiger partial charge is 0.161 e. The Kier molecular flexibility index (Phi) is 4.57. The number of hydrogen-bond donors (Lipinski definition) is 1. The Morgan fingerprint density at radius 3 is 2.43 bits per heavy atom. The average molecular weight is 316 g/mol. The molecule has 5 heteroatoms. The van der Waals surface area contributed by atoms with E-state index in [1.54, 1.807) is 19.2 Å². The molecule has 0 unspecified atom stereocenters. The average Bonchev–Trinajstić information content (AvgIpc) is 2.61. The third-order valence-corrected chi connectivity index (χ3v) is 3.69. The standard InChI is InChI=1S/C18H20O5/c1-3-21-16-10-12(4-6-14(16)20-2)18(19)13-5-7-15-17(11-13)23-9-8-22-15/h4-7,10-11,18-19H,3,8-9H2,1-2H3/t18-/m1/s1. The van der Waals surface area contributed by atoms with Crippen LogP contribution in [0.2, 0.25) is 0 Å². The normalized spacial score (nSPS) is 14.2. The largest absolute Gasteiger partial charge is 0.493 e. The minimum absolute atomic E-state index is 0.517. The Morgan fingerprint density at radius 2 is 1.70 bits per heavy atom. The second-order valence-electron chi connectivity index (χ2n) is 5.15. The van der Waals surface area contributed by atoms with Crippen molar-refractivity contribution in [3.05, 3.63) is 47.5 Å². The van der Waals surface area contributed by atoms with Crippen molar-refractivity contribution in [2.75, 3.05) is 26.9 Å². The van der Waals surface area contributed by atoms with Crippen LogP contribution in [0.1, 0.15) is 24.2 Å². The van der Waals surface area contributed by atoms with Gasteiger partial charge in [-0.3, -0.25) is 0 Å². The number of ether oxygens (including phenoxy) is 4. The molecular weight excluding hydrogens is 296 g/mol. The van der Waals surface area contributed by atoms with Gasteiger partial charge in [-0.2, -0.15) is 0 Å². The van der Waals surface area contributed by atoms with Crippen molar-refractivity contribution in [2.24, 2.45) is 0 Å². The highest BCUT2D eigenvalue weighted by atomic mass is 16.6. The van der Waals surface area contributed by atoms with Crippen LogP contribution in [-0.4, -0.2) is 32.0 Å². The topological polar surface area (TPSA) is 57.2 Å². The van der Waals surface area contributed by atoms with Crippen molar-refractivity contribution in [1.82, 2.24) is 0 Å². The highest BCUT2D eigenvalue weighted by Crippen LogP contribution is 2.36. The molecule has 2 aromatic carbocycles. The summed E-state index contributed by atoms with van der Waals surface area (Å²) in [6, 6.07) is 10.9. The summed E-state index contributed by atoms with van der Waals surface area (Å²) in [6.07, 6.45) is -0.782. The second-order valence-corrected chi connectivity index (χ2v) is 5.15. The fourth-order valence-corrected chi connectivity index (χ4v) is 2.55. The number of hydrogen-bond acceptors (Lipinski definition) is 5. The zero-order valence-corrected chi connectivity index (χ0v) is 13.2. The lowest BCUT2D eigenvalue weighted by Crippen LogP contribution is -2.15. The predicted octanol–water partition coefficient (Wildman–Crippen LogP) is 2.95. The van der Waals surface area contributed by atoms with Gasteiger partial charge in [0.25, 0.3) is 0 Å². The molecule has 1 N–H and O–H groups in total. The van der Waals surface area contributed by atoms with E-state index in [0.717, 1.165) is 11.1 Å². The minimum atomic E-state index is -0.782. The maximum absolute atomic E-state index is 10.7. The van der Waals surface area contributed by atoms with E-state index in [0.29, 0.717) is 42.8 Å². The molecule has 0 saturated heterocycles. The van der Waals surface area contributed by atoms with E-state index >= 15 is 0 Å². The van der Waals surface area contributed by atoms with Crippen LogP contribution >= 0.6 is 0 Å². The summed E-state index contributed by atoms with van der Waals surface area (Å²) in [6.45, 7) is 3.50. The first-order valence-corrected chi connectivity index (χ1v) is 7.61. The Labute approximate surface area is 135 Å². The van der Waals surface area contributed by atoms with E-state index < -0.39 is 6.10 Å². The number of aliphatic hydroxyl groups excluding tert-OH is 1. The van der Waals surface area contributed by atoms with Gasteiger partial charge in [-0.15, -0.1) is 0 Å². The van der Waals surface area contributed by atoms with Gasteiger partial charge in [0.05, 0.1) is 13.7 Å². The first-order valence-electron chi connectivity index (χ1n) is 7.61. The Bertz CT molecular complexity index is 683. The van der Waals surface area contributed by atoms with Crippen molar-refractivity contribution < 1.29 is 24.1 Å². The minimum Gasteiger partial charge on any atom is -0.493 e. The van der Waals surface area contributed by atoms with Gasteiger partial charge in [-0.05, 0) is 42.3 Å². The number of aliphatic hydroxyl groups is 1. The first-order chi connectivity index (χ1) is 11.2. The lowest BCUT2D eigenvalue weighted by Gasteiger charge is -2.20. The van der Waals surface area contributed by atoms with E-state index in [4.69, 9.17) is 18.9 Å². The molecule has 0 spiro atoms. The van der Waals surface area contributed by atoms with E-state index in [-0.39, 0.29) is 0 Å². The van der Waals surface area contributed by atoms with E-state index in [1.807, 2.05) is 31.2 Å². The zero-order chi connectivity index (χ0) is 16.2. The van der Waals surface area contributed by atoms with Crippen LogP contribution in [0.5, 0.6) is 23.0 Å². The molecule has 0 aliphatic carbocycles. The van der Waals surface area contributed by atoms with Crippen LogP contribution in [0.25, 0.3) is 0 Å². The van der Waals surface area contributed by atoms with Crippen molar-refractivity contribution >= 4 is 0 Å². The molecule has 1 atom stereocenters. The number of benzene rings is 2. The Hall–Kier alpha value is -2.40. The Morgan fingerprint density at radius 1 is 1.00 bits per heavy atom. The monoisotopic (exact) mass is 316 g/mol. The van der Waals surface area contributed by atoms with Crippen molar-refractivity contribution in [1.29, 1.82) is 0 Å². The van der Waals surface area contributed by atoms with Crippen LogP contribution in [0.3, 0.4) is 0 Å². The van der Waals surface area contributed by atoms with Crippen molar-refractivity contribution in [3.63, 3.8) is 0 Å². The maximum Gasteiger partial charge on any atom is 0.161 e. The summed E-state index contributed by atoms with van der Waals surface area (Å²) in [5.74, 6) is 2.62. The molecule has 0 radical (unpaired) electrons. The molecule has 0 bridgehead atoms. The van der Waals surface area contributed by atoms with Crippen LogP contribution in [0, 0.1) is 0 Å². The maximum atomic E-state index is 10.7. The van der Waals surface area contributed by atoms with Gasteiger partial charge in [0.15, 0.2) is 23.0 Å². The fraction of sp³-hybridized carbons (Fsp3) is 0.333. The van der Waals surface area contributed by atoms with Crippen LogP contribution in [-0.2, 0) is 0 Å². The molecule has 3 rings (SSSR count). The van der Waals surface area contributed by atoms with Crippen LogP contribution in [0.4, 0.5) is 0 Å². The summed E-state index contributed by atoms with van der Waals surface area (Å²) in [5, 5.41) is 10.7. The molecule has 2 aromatic rings. The van der Waals surface area contributed by atoms with Gasteiger partial charge >= 0.3 is 0 Å². The van der Waals surface area contributed by atoms with Crippen LogP contribution < -0.4 is 18.9 Å². The van der Waals surface area contributed by atoms with Crippen molar-refractivity contribution in [3.8, 4) is 23.0 Å². The molecule has 1 aliphatic rings. The first kappa shape index (κ1) is 15.5. The zero-order valence-electron chi connectivity index (χ0n) is 13.2. The predicted molar refractivity (Wildman–Crippen MR) is 85.7 cm³/mol. The quantitative estimate of drug-likeness (QED) is 0.919. The number of fused-ring (bicyclic) bond motifs is 1. The summed E-state index contributed by atoms with van der Waals surface area (Å²) in [4.78, 5) is 0. The fourth-order valence-electron chi connectivity index (χ4n) is 2.55. The highest BCUT2D eigenvalue weighted by molar-refractivity contribution is 5.48. The molecule has 0 saturated carbocycles. The van der Waals surface area contributed by atoms with Gasteiger partial charge in [0.1, 0.15) is 19.3 Å². The van der Waals surface area contributed by atoms with E-state index in [9.17, 15) is 5.11 Å². The summed E-state index contributed by atoms with van der Waals surface area (Å²) < 4.78 is 21.9. The second kappa shape index (κ2) is 6.79. The van der Waals surface area contributed by atoms with Gasteiger partial charge in [-0.25, -0.2) is 0 Å². The Balaban J connectivity index is 1.90. The van der Waals surface area contributed by atoms with Crippen molar-refractivity contribution in [2.45, 2.75) is 13.0 Å². The summed E-state index contributed by atoms with van der Waals surface area (Å²) in [7, 11) is 1.59. The third kappa shape index (κ3) is 3.19. The molecule has 122 valence electrons. The summed E-state index contributed by atoms with van der Waals surface area (Å²) >= 11 is 0. The molecule has 0 aromatic heterocycles. The van der Waals surface area contributed by atoms with Gasteiger partial charge in [-0.1, -0.05) is 12.1 Å². The molecule has 5 nitrogen and oxygen atoms in total. The summed E-state index contributed by atoms with van der Waals surface area (Å²) in [5.41, 5.74) is 1.47. The van der Waals surface area contributed by atoms with Gasteiger partial charge in [0.2, 0.25) is 0 Å². The number of methoxy groups -OCH3 is 1. The molecule has 0 fully saturated rings. The van der Waals surface area contributed by atoms with E-state index in [1.165, 1.54) is 0 Å². The third-order valence-electron chi connectivity index (χ3n) is 3.69. The lowest BCUT2D eigenvalue weighted by atomic mass is 10.0. The molecule has 23 heavy (non-hydrogen) atoms. The number of rotatable bonds is 5. The molecular formula is C18H20O5. The highest BCUT2D eigenvalue weighted by Gasteiger charge is 2.18.